The molecule has 0 saturated carbocycles. The molecule has 0 spiro atoms. The van der Waals surface area contributed by atoms with E-state index in [2.05, 4.69) is 5.32 Å². The Kier molecular flexibility index (Phi) is 6.89. The van der Waals surface area contributed by atoms with Crippen LogP contribution in [-0.2, 0) is 17.6 Å². The molecule has 6 nitrogen and oxygen atoms in total. The standard InChI is InChI=1S/C27H26ClN3O3/c1-17-23(16-26(32)30-14-13-18-3-9-21(29)10-4-18)24-15-22(34-2)11-12-25(24)31(17)27(33)19-5-7-20(28)8-6-19/h3-12,15H,13-14,16,29H2,1-2H3,(H,30,32). The van der Waals surface area contributed by atoms with E-state index in [1.165, 1.54) is 0 Å². The summed E-state index contributed by atoms with van der Waals surface area (Å²) in [5.74, 6) is 0.368. The summed E-state index contributed by atoms with van der Waals surface area (Å²) in [6, 6.07) is 19.9. The monoisotopic (exact) mass is 475 g/mol. The van der Waals surface area contributed by atoms with Crippen LogP contribution < -0.4 is 15.8 Å². The van der Waals surface area contributed by atoms with E-state index in [0.717, 1.165) is 27.7 Å². The number of nitrogens with zero attached hydrogens (tertiary/aromatic N) is 1. The number of halogens is 1. The predicted octanol–water partition coefficient (Wildman–Crippen LogP) is 4.78. The van der Waals surface area contributed by atoms with Crippen molar-refractivity contribution in [3.8, 4) is 5.75 Å². The number of fused-ring (bicyclic) bond motifs is 1. The molecule has 1 aromatic heterocycles. The molecule has 0 unspecified atom stereocenters. The SMILES string of the molecule is COc1ccc2c(c1)c(CC(=O)NCCc1ccc(N)cc1)c(C)n2C(=O)c1ccc(Cl)cc1. The zero-order chi connectivity index (χ0) is 24.2. The number of ether oxygens (including phenoxy) is 1. The van der Waals surface area contributed by atoms with Gasteiger partial charge in [-0.25, -0.2) is 0 Å². The number of rotatable bonds is 7. The number of carbonyl (C=O) groups is 2. The normalized spacial score (nSPS) is 10.9. The van der Waals surface area contributed by atoms with Gasteiger partial charge in [-0.3, -0.25) is 14.2 Å². The van der Waals surface area contributed by atoms with Crippen molar-refractivity contribution < 1.29 is 14.3 Å². The molecule has 0 fully saturated rings. The van der Waals surface area contributed by atoms with Gasteiger partial charge in [0.1, 0.15) is 5.75 Å². The Hall–Kier alpha value is -3.77. The maximum atomic E-state index is 13.4. The zero-order valence-corrected chi connectivity index (χ0v) is 19.9. The van der Waals surface area contributed by atoms with Crippen molar-refractivity contribution >= 4 is 40.0 Å². The quantitative estimate of drug-likeness (QED) is 0.376. The summed E-state index contributed by atoms with van der Waals surface area (Å²) >= 11 is 5.99. The van der Waals surface area contributed by atoms with Crippen molar-refractivity contribution in [2.75, 3.05) is 19.4 Å². The summed E-state index contributed by atoms with van der Waals surface area (Å²) in [6.45, 7) is 2.37. The summed E-state index contributed by atoms with van der Waals surface area (Å²) in [6.07, 6.45) is 0.855. The number of amides is 1. The lowest BCUT2D eigenvalue weighted by atomic mass is 10.1. The number of anilines is 1. The molecule has 174 valence electrons. The smallest absolute Gasteiger partial charge is 0.262 e. The lowest BCUT2D eigenvalue weighted by molar-refractivity contribution is -0.120. The first-order valence-corrected chi connectivity index (χ1v) is 11.3. The zero-order valence-electron chi connectivity index (χ0n) is 19.1. The Bertz CT molecular complexity index is 1340. The number of benzene rings is 3. The maximum absolute atomic E-state index is 13.4. The molecular formula is C27H26ClN3O3. The Morgan fingerprint density at radius 1 is 1.03 bits per heavy atom. The van der Waals surface area contributed by atoms with E-state index in [1.54, 1.807) is 35.9 Å². The molecule has 4 rings (SSSR count). The minimum atomic E-state index is -0.181. The molecule has 4 aromatic rings. The first-order chi connectivity index (χ1) is 16.4. The van der Waals surface area contributed by atoms with Crippen LogP contribution >= 0.6 is 11.6 Å². The van der Waals surface area contributed by atoms with Gasteiger partial charge in [0.05, 0.1) is 19.0 Å². The van der Waals surface area contributed by atoms with E-state index in [1.807, 2.05) is 49.4 Å². The van der Waals surface area contributed by atoms with Gasteiger partial charge >= 0.3 is 0 Å². The number of carbonyl (C=O) groups excluding carboxylic acids is 2. The lowest BCUT2D eigenvalue weighted by Gasteiger charge is -2.09. The summed E-state index contributed by atoms with van der Waals surface area (Å²) in [7, 11) is 1.59. The number of hydrogen-bond donors (Lipinski definition) is 2. The third-order valence-corrected chi connectivity index (χ3v) is 6.14. The van der Waals surface area contributed by atoms with E-state index in [0.29, 0.717) is 35.0 Å². The first-order valence-electron chi connectivity index (χ1n) is 11.0. The molecule has 1 amide bonds. The first kappa shape index (κ1) is 23.4. The highest BCUT2D eigenvalue weighted by atomic mass is 35.5. The van der Waals surface area contributed by atoms with E-state index in [-0.39, 0.29) is 18.2 Å². The number of nitrogen functional groups attached to an aromatic ring is 1. The van der Waals surface area contributed by atoms with Crippen molar-refractivity contribution in [2.24, 2.45) is 0 Å². The van der Waals surface area contributed by atoms with Crippen molar-refractivity contribution in [2.45, 2.75) is 19.8 Å². The minimum Gasteiger partial charge on any atom is -0.497 e. The Labute approximate surface area is 203 Å². The molecule has 0 aliphatic rings. The van der Waals surface area contributed by atoms with Crippen LogP contribution in [0.15, 0.2) is 66.7 Å². The van der Waals surface area contributed by atoms with Gasteiger partial charge in [0.2, 0.25) is 5.91 Å². The van der Waals surface area contributed by atoms with Gasteiger partial charge in [0, 0.05) is 33.9 Å². The molecule has 0 saturated heterocycles. The molecule has 0 bridgehead atoms. The molecule has 3 N–H and O–H groups in total. The van der Waals surface area contributed by atoms with Crippen LogP contribution in [0.3, 0.4) is 0 Å². The number of nitrogens with one attached hydrogen (secondary N) is 1. The van der Waals surface area contributed by atoms with Gasteiger partial charge in [0.25, 0.3) is 5.91 Å². The number of aromatic nitrogens is 1. The van der Waals surface area contributed by atoms with Gasteiger partial charge < -0.3 is 15.8 Å². The molecule has 34 heavy (non-hydrogen) atoms. The summed E-state index contributed by atoms with van der Waals surface area (Å²) in [5.41, 5.74) is 10.3. The Morgan fingerprint density at radius 2 is 1.74 bits per heavy atom. The van der Waals surface area contributed by atoms with Crippen LogP contribution in [0.4, 0.5) is 5.69 Å². The van der Waals surface area contributed by atoms with Gasteiger partial charge in [-0.2, -0.15) is 0 Å². The fraction of sp³-hybridized carbons (Fsp3) is 0.185. The van der Waals surface area contributed by atoms with E-state index in [4.69, 9.17) is 22.1 Å². The molecule has 0 atom stereocenters. The summed E-state index contributed by atoms with van der Waals surface area (Å²) in [4.78, 5) is 26.2. The molecule has 0 aliphatic carbocycles. The van der Waals surface area contributed by atoms with Gasteiger partial charge in [0.15, 0.2) is 0 Å². The highest BCUT2D eigenvalue weighted by molar-refractivity contribution is 6.30. The maximum Gasteiger partial charge on any atom is 0.262 e. The summed E-state index contributed by atoms with van der Waals surface area (Å²) in [5, 5.41) is 4.36. The van der Waals surface area contributed by atoms with E-state index in [9.17, 15) is 9.59 Å². The van der Waals surface area contributed by atoms with Crippen molar-refractivity contribution in [1.29, 1.82) is 0 Å². The van der Waals surface area contributed by atoms with Crippen LogP contribution in [0.25, 0.3) is 10.9 Å². The number of methoxy groups -OCH3 is 1. The topological polar surface area (TPSA) is 86.3 Å². The van der Waals surface area contributed by atoms with Crippen LogP contribution in [-0.4, -0.2) is 30.0 Å². The van der Waals surface area contributed by atoms with E-state index < -0.39 is 0 Å². The third kappa shape index (κ3) is 4.92. The fourth-order valence-electron chi connectivity index (χ4n) is 4.05. The third-order valence-electron chi connectivity index (χ3n) is 5.89. The van der Waals surface area contributed by atoms with Crippen LogP contribution in [0.1, 0.15) is 27.2 Å². The highest BCUT2D eigenvalue weighted by Crippen LogP contribution is 2.31. The second-order valence-electron chi connectivity index (χ2n) is 8.11. The fourth-order valence-corrected chi connectivity index (χ4v) is 4.18. The van der Waals surface area contributed by atoms with Crippen molar-refractivity contribution in [3.63, 3.8) is 0 Å². The van der Waals surface area contributed by atoms with Gasteiger partial charge in [-0.15, -0.1) is 0 Å². The van der Waals surface area contributed by atoms with Crippen LogP contribution in [0, 0.1) is 6.92 Å². The van der Waals surface area contributed by atoms with Crippen LogP contribution in [0.2, 0.25) is 5.02 Å². The van der Waals surface area contributed by atoms with Crippen LogP contribution in [0.5, 0.6) is 5.75 Å². The molecule has 3 aromatic carbocycles. The van der Waals surface area contributed by atoms with Gasteiger partial charge in [-0.05, 0) is 79.1 Å². The second kappa shape index (κ2) is 10.0. The number of hydrogen-bond acceptors (Lipinski definition) is 4. The van der Waals surface area contributed by atoms with Gasteiger partial charge in [-0.1, -0.05) is 23.7 Å². The Balaban J connectivity index is 1.60. The lowest BCUT2D eigenvalue weighted by Crippen LogP contribution is -2.27. The summed E-state index contributed by atoms with van der Waals surface area (Å²) < 4.78 is 7.04. The second-order valence-corrected chi connectivity index (χ2v) is 8.55. The number of nitrogens with two attached hydrogens (primary N) is 1. The minimum absolute atomic E-state index is 0.112. The predicted molar refractivity (Wildman–Crippen MR) is 136 cm³/mol. The van der Waals surface area contributed by atoms with E-state index >= 15 is 0 Å². The average molecular weight is 476 g/mol. The molecule has 0 aliphatic heterocycles. The molecule has 7 heteroatoms. The molecule has 1 heterocycles. The largest absolute Gasteiger partial charge is 0.497 e. The molecule has 0 radical (unpaired) electrons. The average Bonchev–Trinajstić information content (AvgIpc) is 3.10. The van der Waals surface area contributed by atoms with Crippen molar-refractivity contribution in [1.82, 2.24) is 9.88 Å². The van der Waals surface area contributed by atoms with Crippen molar-refractivity contribution in [3.05, 3.63) is 94.1 Å². The highest BCUT2D eigenvalue weighted by Gasteiger charge is 2.22. The molecular weight excluding hydrogens is 450 g/mol. The Morgan fingerprint density at radius 3 is 2.41 bits per heavy atom.